The third-order valence-electron chi connectivity index (χ3n) is 5.77. The molecule has 3 heterocycles. The van der Waals surface area contributed by atoms with Crippen molar-refractivity contribution in [1.82, 2.24) is 28.7 Å². The summed E-state index contributed by atoms with van der Waals surface area (Å²) < 4.78 is 24.4. The summed E-state index contributed by atoms with van der Waals surface area (Å²) in [5, 5.41) is 0. The highest BCUT2D eigenvalue weighted by molar-refractivity contribution is 5.42. The first kappa shape index (κ1) is 25.3. The Bertz CT molecular complexity index is 930. The van der Waals surface area contributed by atoms with Crippen LogP contribution in [0.5, 0.6) is 17.2 Å². The zero-order chi connectivity index (χ0) is 24.7. The normalized spacial score (nSPS) is 11.0. The highest BCUT2D eigenvalue weighted by Gasteiger charge is 2.06. The first-order valence-electron chi connectivity index (χ1n) is 12.8. The number of nitrogens with zero attached hydrogens (tertiary/aromatic N) is 6. The number of benzene rings is 1. The molecule has 0 saturated heterocycles. The minimum atomic E-state index is 0.646. The Hall–Kier alpha value is -3.75. The maximum absolute atomic E-state index is 6.05. The number of aryl methyl sites for hydroxylation is 3. The molecule has 4 rings (SSSR count). The molecule has 9 heteroatoms. The van der Waals surface area contributed by atoms with Gasteiger partial charge in [-0.25, -0.2) is 15.0 Å². The number of unbranched alkanes of at least 4 members (excludes halogenated alkanes) is 3. The first-order chi connectivity index (χ1) is 17.8. The van der Waals surface area contributed by atoms with Crippen LogP contribution in [0.25, 0.3) is 0 Å². The Kier molecular flexibility index (Phi) is 10.3. The van der Waals surface area contributed by atoms with Gasteiger partial charge in [-0.05, 0) is 38.5 Å². The quantitative estimate of drug-likeness (QED) is 0.185. The van der Waals surface area contributed by atoms with Gasteiger partial charge in [-0.3, -0.25) is 0 Å². The average Bonchev–Trinajstić information content (AvgIpc) is 3.68. The van der Waals surface area contributed by atoms with Crippen LogP contribution in [0, 0.1) is 0 Å². The van der Waals surface area contributed by atoms with Gasteiger partial charge in [0.2, 0.25) is 0 Å². The van der Waals surface area contributed by atoms with Crippen LogP contribution in [0.3, 0.4) is 0 Å². The molecule has 0 fully saturated rings. The molecule has 9 nitrogen and oxygen atoms in total. The second-order valence-corrected chi connectivity index (χ2v) is 8.71. The summed E-state index contributed by atoms with van der Waals surface area (Å²) in [7, 11) is 0. The highest BCUT2D eigenvalue weighted by atomic mass is 16.5. The molecule has 0 bridgehead atoms. The minimum absolute atomic E-state index is 0.646. The summed E-state index contributed by atoms with van der Waals surface area (Å²) in [4.78, 5) is 12.2. The van der Waals surface area contributed by atoms with E-state index >= 15 is 0 Å². The summed E-state index contributed by atoms with van der Waals surface area (Å²) in [6.07, 6.45) is 22.9. The highest BCUT2D eigenvalue weighted by Crippen LogP contribution is 2.28. The molecule has 1 aromatic carbocycles. The third kappa shape index (κ3) is 9.13. The van der Waals surface area contributed by atoms with Gasteiger partial charge in [-0.2, -0.15) is 0 Å². The van der Waals surface area contributed by atoms with Crippen LogP contribution in [0.2, 0.25) is 0 Å². The molecule has 0 amide bonds. The van der Waals surface area contributed by atoms with Gasteiger partial charge in [0, 0.05) is 75.0 Å². The van der Waals surface area contributed by atoms with Gasteiger partial charge >= 0.3 is 0 Å². The lowest BCUT2D eigenvalue weighted by molar-refractivity contribution is 0.275. The summed E-state index contributed by atoms with van der Waals surface area (Å²) in [5.41, 5.74) is 0. The molecule has 0 aliphatic heterocycles. The van der Waals surface area contributed by atoms with Gasteiger partial charge in [0.05, 0.1) is 38.8 Å². The number of aromatic nitrogens is 6. The van der Waals surface area contributed by atoms with Crippen LogP contribution in [-0.4, -0.2) is 48.5 Å². The largest absolute Gasteiger partial charge is 0.493 e. The summed E-state index contributed by atoms with van der Waals surface area (Å²) >= 11 is 0. The monoisotopic (exact) mass is 492 g/mol. The molecular formula is C27H36N6O3. The van der Waals surface area contributed by atoms with E-state index in [-0.39, 0.29) is 0 Å². The molecule has 4 aromatic rings. The van der Waals surface area contributed by atoms with E-state index < -0.39 is 0 Å². The van der Waals surface area contributed by atoms with E-state index in [1.165, 1.54) is 0 Å². The Morgan fingerprint density at radius 2 is 0.806 bits per heavy atom. The SMILES string of the molecule is c1cn(CCCCOc2cc(OCCCCn3ccnc3)cc(OCCCCn3ccnc3)c2)cn1. The Balaban J connectivity index is 1.22. The second kappa shape index (κ2) is 14.6. The van der Waals surface area contributed by atoms with Gasteiger partial charge in [-0.1, -0.05) is 0 Å². The molecule has 0 aliphatic carbocycles. The van der Waals surface area contributed by atoms with Crippen molar-refractivity contribution in [2.75, 3.05) is 19.8 Å². The Morgan fingerprint density at radius 3 is 1.08 bits per heavy atom. The average molecular weight is 493 g/mol. The number of imidazole rings is 3. The fourth-order valence-electron chi connectivity index (χ4n) is 3.81. The number of ether oxygens (including phenoxy) is 3. The van der Waals surface area contributed by atoms with Crippen molar-refractivity contribution in [2.24, 2.45) is 0 Å². The van der Waals surface area contributed by atoms with Crippen molar-refractivity contribution in [2.45, 2.75) is 58.2 Å². The maximum Gasteiger partial charge on any atom is 0.126 e. The van der Waals surface area contributed by atoms with E-state index in [4.69, 9.17) is 14.2 Å². The van der Waals surface area contributed by atoms with Crippen LogP contribution >= 0.6 is 0 Å². The van der Waals surface area contributed by atoms with E-state index in [1.807, 2.05) is 55.8 Å². The standard InChI is InChI=1S/C27H36N6O3/c1(10-31-13-7-28-22-31)4-16-34-25-19-26(35-17-5-2-11-32-14-8-29-23-32)21-27(20-25)36-18-6-3-12-33-15-9-30-24-33/h7-9,13-15,19-24H,1-6,10-12,16-18H2. The van der Waals surface area contributed by atoms with Crippen LogP contribution < -0.4 is 14.2 Å². The van der Waals surface area contributed by atoms with Crippen molar-refractivity contribution < 1.29 is 14.2 Å². The van der Waals surface area contributed by atoms with Crippen molar-refractivity contribution in [3.8, 4) is 17.2 Å². The Labute approximate surface area is 212 Å². The van der Waals surface area contributed by atoms with E-state index in [0.29, 0.717) is 19.8 Å². The predicted molar refractivity (Wildman–Crippen MR) is 137 cm³/mol. The maximum atomic E-state index is 6.05. The van der Waals surface area contributed by atoms with Crippen molar-refractivity contribution in [1.29, 1.82) is 0 Å². The number of rotatable bonds is 18. The molecule has 0 N–H and O–H groups in total. The lowest BCUT2D eigenvalue weighted by Gasteiger charge is -2.14. The van der Waals surface area contributed by atoms with E-state index in [2.05, 4.69) is 28.7 Å². The lowest BCUT2D eigenvalue weighted by atomic mass is 10.2. The summed E-state index contributed by atoms with van der Waals surface area (Å²) in [6.45, 7) is 4.77. The fraction of sp³-hybridized carbons (Fsp3) is 0.444. The zero-order valence-electron chi connectivity index (χ0n) is 20.8. The van der Waals surface area contributed by atoms with Gasteiger partial charge in [-0.15, -0.1) is 0 Å². The molecule has 0 spiro atoms. The second-order valence-electron chi connectivity index (χ2n) is 8.71. The van der Waals surface area contributed by atoms with Crippen molar-refractivity contribution in [3.05, 3.63) is 74.4 Å². The molecule has 0 saturated carbocycles. The van der Waals surface area contributed by atoms with Gasteiger partial charge < -0.3 is 27.9 Å². The van der Waals surface area contributed by atoms with Crippen LogP contribution in [0.1, 0.15) is 38.5 Å². The van der Waals surface area contributed by atoms with Gasteiger partial charge in [0.1, 0.15) is 17.2 Å². The van der Waals surface area contributed by atoms with Crippen LogP contribution in [-0.2, 0) is 19.6 Å². The topological polar surface area (TPSA) is 81.1 Å². The van der Waals surface area contributed by atoms with E-state index in [1.54, 1.807) is 18.6 Å². The molecule has 0 radical (unpaired) electrons. The van der Waals surface area contributed by atoms with Gasteiger partial charge in [0.25, 0.3) is 0 Å². The van der Waals surface area contributed by atoms with Crippen molar-refractivity contribution >= 4 is 0 Å². The molecule has 0 atom stereocenters. The van der Waals surface area contributed by atoms with Gasteiger partial charge in [0.15, 0.2) is 0 Å². The molecule has 192 valence electrons. The lowest BCUT2D eigenvalue weighted by Crippen LogP contribution is -2.04. The molecular weight excluding hydrogens is 456 g/mol. The summed E-state index contributed by atoms with van der Waals surface area (Å²) in [5.74, 6) is 2.34. The summed E-state index contributed by atoms with van der Waals surface area (Å²) in [6, 6.07) is 5.87. The zero-order valence-corrected chi connectivity index (χ0v) is 20.8. The van der Waals surface area contributed by atoms with Crippen LogP contribution in [0.4, 0.5) is 0 Å². The third-order valence-corrected chi connectivity index (χ3v) is 5.77. The first-order valence-corrected chi connectivity index (χ1v) is 12.8. The minimum Gasteiger partial charge on any atom is -0.493 e. The molecule has 0 aliphatic rings. The fourth-order valence-corrected chi connectivity index (χ4v) is 3.81. The molecule has 3 aromatic heterocycles. The van der Waals surface area contributed by atoms with E-state index in [9.17, 15) is 0 Å². The smallest absolute Gasteiger partial charge is 0.126 e. The van der Waals surface area contributed by atoms with Crippen molar-refractivity contribution in [3.63, 3.8) is 0 Å². The van der Waals surface area contributed by atoms with Crippen LogP contribution in [0.15, 0.2) is 74.4 Å². The molecule has 36 heavy (non-hydrogen) atoms. The number of hydrogen-bond donors (Lipinski definition) is 0. The van der Waals surface area contributed by atoms with E-state index in [0.717, 1.165) is 75.4 Å². The predicted octanol–water partition coefficient (Wildman–Crippen LogP) is 4.85. The number of hydrogen-bond acceptors (Lipinski definition) is 6. The Morgan fingerprint density at radius 1 is 0.472 bits per heavy atom. The molecule has 0 unspecified atom stereocenters.